The molecule has 12 rings (SSSR count). The lowest BCUT2D eigenvalue weighted by molar-refractivity contribution is 0.660. The summed E-state index contributed by atoms with van der Waals surface area (Å²) in [6, 6.07) is 63.6. The molecule has 0 fully saturated rings. The van der Waals surface area contributed by atoms with Crippen LogP contribution >= 0.6 is 0 Å². The maximum absolute atomic E-state index is 7.20. The average Bonchev–Trinajstić information content (AvgIpc) is 3.88. The predicted octanol–water partition coefficient (Wildman–Crippen LogP) is 15.2. The molecule has 0 unspecified atom stereocenters. The molecule has 0 radical (unpaired) electrons. The Balaban J connectivity index is 1.23. The molecule has 1 aliphatic rings. The first-order valence-corrected chi connectivity index (χ1v) is 19.3. The van der Waals surface area contributed by atoms with Crippen LogP contribution in [0.15, 0.2) is 185 Å². The monoisotopic (exact) mass is 717 g/mol. The Morgan fingerprint density at radius 1 is 0.429 bits per heavy atom. The number of fused-ring (bicyclic) bond motifs is 12. The van der Waals surface area contributed by atoms with Gasteiger partial charge in [-0.05, 0) is 92.5 Å². The van der Waals surface area contributed by atoms with Crippen molar-refractivity contribution in [1.29, 1.82) is 0 Å². The largest absolute Gasteiger partial charge is 0.456 e. The fourth-order valence-corrected chi connectivity index (χ4v) is 9.57. The van der Waals surface area contributed by atoms with Crippen LogP contribution in [0.1, 0.15) is 25.0 Å². The molecule has 11 aromatic rings. The van der Waals surface area contributed by atoms with Gasteiger partial charge in [-0.15, -0.1) is 0 Å². The van der Waals surface area contributed by atoms with Crippen molar-refractivity contribution in [3.8, 4) is 22.3 Å². The highest BCUT2D eigenvalue weighted by atomic mass is 16.3. The fourth-order valence-electron chi connectivity index (χ4n) is 9.57. The van der Waals surface area contributed by atoms with Crippen molar-refractivity contribution < 1.29 is 8.83 Å². The van der Waals surface area contributed by atoms with Gasteiger partial charge in [-0.25, -0.2) is 0 Å². The zero-order valence-electron chi connectivity index (χ0n) is 31.0. The van der Waals surface area contributed by atoms with E-state index in [0.717, 1.165) is 72.1 Å². The number of hydrogen-bond donors (Lipinski definition) is 0. The van der Waals surface area contributed by atoms with Gasteiger partial charge in [0, 0.05) is 43.6 Å². The summed E-state index contributed by atoms with van der Waals surface area (Å²) in [6.07, 6.45) is 0. The van der Waals surface area contributed by atoms with Gasteiger partial charge < -0.3 is 13.7 Å². The summed E-state index contributed by atoms with van der Waals surface area (Å²) in [6.45, 7) is 4.70. The van der Waals surface area contributed by atoms with Gasteiger partial charge in [0.05, 0.1) is 11.4 Å². The van der Waals surface area contributed by atoms with Gasteiger partial charge in [0.2, 0.25) is 0 Å². The highest BCUT2D eigenvalue weighted by Gasteiger charge is 2.36. The summed E-state index contributed by atoms with van der Waals surface area (Å²) in [7, 11) is 0. The van der Waals surface area contributed by atoms with E-state index >= 15 is 0 Å². The molecule has 0 N–H and O–H groups in total. The van der Waals surface area contributed by atoms with E-state index in [1.165, 1.54) is 43.8 Å². The molecule has 0 saturated heterocycles. The first-order valence-electron chi connectivity index (χ1n) is 19.3. The third-order valence-corrected chi connectivity index (χ3v) is 12.2. The molecule has 0 amide bonds. The van der Waals surface area contributed by atoms with Crippen LogP contribution in [0.4, 0.5) is 17.1 Å². The highest BCUT2D eigenvalue weighted by Crippen LogP contribution is 2.54. The minimum Gasteiger partial charge on any atom is -0.456 e. The predicted molar refractivity (Wildman–Crippen MR) is 234 cm³/mol. The minimum absolute atomic E-state index is 0.174. The summed E-state index contributed by atoms with van der Waals surface area (Å²) in [5, 5.41) is 9.03. The van der Waals surface area contributed by atoms with E-state index in [1.807, 2.05) is 18.2 Å². The molecule has 2 aromatic heterocycles. The summed E-state index contributed by atoms with van der Waals surface area (Å²) in [5.74, 6) is 0. The van der Waals surface area contributed by atoms with Gasteiger partial charge in [-0.1, -0.05) is 141 Å². The quantitative estimate of drug-likeness (QED) is 0.182. The van der Waals surface area contributed by atoms with Crippen molar-refractivity contribution in [2.24, 2.45) is 0 Å². The Labute approximate surface area is 323 Å². The summed E-state index contributed by atoms with van der Waals surface area (Å²) >= 11 is 0. The van der Waals surface area contributed by atoms with Crippen LogP contribution < -0.4 is 4.90 Å². The zero-order valence-corrected chi connectivity index (χ0v) is 31.0. The summed E-state index contributed by atoms with van der Waals surface area (Å²) in [4.78, 5) is 2.46. The highest BCUT2D eigenvalue weighted by molar-refractivity contribution is 6.28. The topological polar surface area (TPSA) is 29.5 Å². The Kier molecular flexibility index (Phi) is 6.40. The minimum atomic E-state index is -0.174. The lowest BCUT2D eigenvalue weighted by Crippen LogP contribution is -2.17. The van der Waals surface area contributed by atoms with Crippen LogP contribution in [0, 0.1) is 0 Å². The normalized spacial score (nSPS) is 13.3. The van der Waals surface area contributed by atoms with Crippen LogP contribution in [-0.2, 0) is 5.41 Å². The van der Waals surface area contributed by atoms with Crippen molar-refractivity contribution in [2.45, 2.75) is 19.3 Å². The average molecular weight is 718 g/mol. The van der Waals surface area contributed by atoms with Crippen molar-refractivity contribution in [1.82, 2.24) is 0 Å². The molecule has 0 spiro atoms. The van der Waals surface area contributed by atoms with Crippen LogP contribution in [0.25, 0.3) is 87.7 Å². The van der Waals surface area contributed by atoms with Crippen LogP contribution in [0.3, 0.4) is 0 Å². The Bertz CT molecular complexity index is 3410. The lowest BCUT2D eigenvalue weighted by Gasteiger charge is -2.30. The third-order valence-electron chi connectivity index (χ3n) is 12.2. The van der Waals surface area contributed by atoms with E-state index in [1.54, 1.807) is 0 Å². The molecule has 0 aliphatic heterocycles. The first-order chi connectivity index (χ1) is 27.5. The van der Waals surface area contributed by atoms with Gasteiger partial charge >= 0.3 is 0 Å². The number of para-hydroxylation sites is 1. The second-order valence-electron chi connectivity index (χ2n) is 15.6. The molecule has 0 bridgehead atoms. The van der Waals surface area contributed by atoms with Gasteiger partial charge in [-0.2, -0.15) is 0 Å². The molecule has 264 valence electrons. The molecule has 1 aliphatic carbocycles. The van der Waals surface area contributed by atoms with Crippen molar-refractivity contribution in [2.75, 3.05) is 4.90 Å². The number of furan rings is 2. The second-order valence-corrected chi connectivity index (χ2v) is 15.6. The molecule has 3 nitrogen and oxygen atoms in total. The van der Waals surface area contributed by atoms with Gasteiger partial charge in [0.1, 0.15) is 16.7 Å². The Hall–Kier alpha value is -7.10. The summed E-state index contributed by atoms with van der Waals surface area (Å²) in [5.41, 5.74) is 13.9. The standard InChI is InChI=1S/C53H35NO2/c1-53(2)43-19-9-7-17-39(43)40-25-24-36(31-44(40)53)54(45-20-11-15-33-13-5-6-16-37(33)45)51-38(35-23-22-32-12-3-4-14-34(32)30-35)26-27-42-50-48(56-52(42)51)29-28-47-49(50)41-18-8-10-21-46(41)55-47/h3-31H,1-2H3. The van der Waals surface area contributed by atoms with E-state index < -0.39 is 0 Å². The number of anilines is 3. The third kappa shape index (κ3) is 4.34. The molecule has 0 atom stereocenters. The Morgan fingerprint density at radius 2 is 1.11 bits per heavy atom. The molecule has 3 heteroatoms. The smallest absolute Gasteiger partial charge is 0.160 e. The molecule has 0 saturated carbocycles. The first kappa shape index (κ1) is 31.3. The molecule has 9 aromatic carbocycles. The van der Waals surface area contributed by atoms with Gasteiger partial charge in [0.15, 0.2) is 5.58 Å². The maximum atomic E-state index is 7.20. The molecule has 2 heterocycles. The van der Waals surface area contributed by atoms with E-state index in [0.29, 0.717) is 0 Å². The van der Waals surface area contributed by atoms with Crippen LogP contribution in [0.5, 0.6) is 0 Å². The van der Waals surface area contributed by atoms with Gasteiger partial charge in [0.25, 0.3) is 0 Å². The van der Waals surface area contributed by atoms with Crippen molar-refractivity contribution >= 4 is 82.5 Å². The number of nitrogens with zero attached hydrogens (tertiary/aromatic N) is 1. The number of rotatable bonds is 4. The SMILES string of the molecule is CC1(C)c2ccccc2-c2ccc(N(c3cccc4ccccc34)c3c(-c4ccc5ccccc5c4)ccc4c3oc3ccc5oc6ccccc6c5c34)cc21. The maximum Gasteiger partial charge on any atom is 0.160 e. The molecular formula is C53H35NO2. The van der Waals surface area contributed by atoms with E-state index in [-0.39, 0.29) is 5.41 Å². The lowest BCUT2D eigenvalue weighted by atomic mass is 9.82. The van der Waals surface area contributed by atoms with E-state index in [9.17, 15) is 0 Å². The van der Waals surface area contributed by atoms with Crippen molar-refractivity contribution in [3.63, 3.8) is 0 Å². The summed E-state index contributed by atoms with van der Waals surface area (Å²) < 4.78 is 13.6. The number of hydrogen-bond acceptors (Lipinski definition) is 3. The van der Waals surface area contributed by atoms with Crippen molar-refractivity contribution in [3.05, 3.63) is 187 Å². The van der Waals surface area contributed by atoms with E-state index in [4.69, 9.17) is 8.83 Å². The molecule has 56 heavy (non-hydrogen) atoms. The molecular weight excluding hydrogens is 683 g/mol. The fraction of sp³-hybridized carbons (Fsp3) is 0.0566. The van der Waals surface area contributed by atoms with Crippen LogP contribution in [-0.4, -0.2) is 0 Å². The van der Waals surface area contributed by atoms with E-state index in [2.05, 4.69) is 176 Å². The van der Waals surface area contributed by atoms with Crippen LogP contribution in [0.2, 0.25) is 0 Å². The number of benzene rings is 9. The Morgan fingerprint density at radius 3 is 2.00 bits per heavy atom. The van der Waals surface area contributed by atoms with Gasteiger partial charge in [-0.3, -0.25) is 0 Å². The zero-order chi connectivity index (χ0) is 37.1. The second kappa shape index (κ2) is 11.5.